The van der Waals surface area contributed by atoms with Crippen LogP contribution in [0, 0.1) is 11.1 Å². The van der Waals surface area contributed by atoms with E-state index in [2.05, 4.69) is 24.4 Å². The van der Waals surface area contributed by atoms with Gasteiger partial charge >= 0.3 is 6.09 Å². The van der Waals surface area contributed by atoms with Gasteiger partial charge in [-0.1, -0.05) is 36.4 Å². The van der Waals surface area contributed by atoms with Crippen LogP contribution in [0.25, 0.3) is 0 Å². The number of ether oxygens (including phenoxy) is 1. The van der Waals surface area contributed by atoms with Gasteiger partial charge in [-0.3, -0.25) is 14.9 Å². The quantitative estimate of drug-likeness (QED) is 0.388. The average Bonchev–Trinajstić information content (AvgIpc) is 2.92. The zero-order valence-electron chi connectivity index (χ0n) is 21.2. The van der Waals surface area contributed by atoms with E-state index in [0.29, 0.717) is 50.5 Å². The molecule has 0 radical (unpaired) electrons. The fourth-order valence-electron chi connectivity index (χ4n) is 5.59. The highest BCUT2D eigenvalue weighted by molar-refractivity contribution is 5.96. The number of piperidine rings is 1. The maximum absolute atomic E-state index is 12.8. The van der Waals surface area contributed by atoms with Crippen LogP contribution in [-0.4, -0.2) is 53.4 Å². The van der Waals surface area contributed by atoms with E-state index in [9.17, 15) is 20.0 Å². The van der Waals surface area contributed by atoms with Crippen LogP contribution in [0.3, 0.4) is 0 Å². The van der Waals surface area contributed by atoms with Gasteiger partial charge in [0, 0.05) is 42.8 Å². The monoisotopic (exact) mass is 518 g/mol. The Morgan fingerprint density at radius 3 is 2.66 bits per heavy atom. The third kappa shape index (κ3) is 4.92. The number of nitrogen functional groups attached to an aromatic ring is 1. The molecular formula is C28H32N5O5-. The first-order chi connectivity index (χ1) is 18.3. The summed E-state index contributed by atoms with van der Waals surface area (Å²) in [5.74, 6) is -0.270. The van der Waals surface area contributed by atoms with Crippen LogP contribution >= 0.6 is 0 Å². The molecule has 0 saturated carbocycles. The number of fused-ring (bicyclic) bond motifs is 1. The van der Waals surface area contributed by atoms with Gasteiger partial charge in [0.15, 0.2) is 0 Å². The Morgan fingerprint density at radius 2 is 1.95 bits per heavy atom. The zero-order chi connectivity index (χ0) is 26.9. The van der Waals surface area contributed by atoms with Crippen LogP contribution in [-0.2, 0) is 11.3 Å². The van der Waals surface area contributed by atoms with E-state index >= 15 is 0 Å². The van der Waals surface area contributed by atoms with Gasteiger partial charge in [-0.05, 0) is 55.7 Å². The Hall–Kier alpha value is -4.02. The summed E-state index contributed by atoms with van der Waals surface area (Å²) in [6.45, 7) is 3.87. The van der Waals surface area contributed by atoms with E-state index in [1.165, 1.54) is 6.07 Å². The lowest BCUT2D eigenvalue weighted by atomic mass is 9.78. The first kappa shape index (κ1) is 25.6. The first-order valence-electron chi connectivity index (χ1n) is 12.8. The molecule has 4 N–H and O–H groups in total. The highest BCUT2D eigenvalue weighted by Gasteiger charge is 2.48. The number of cyclic esters (lactones) is 1. The van der Waals surface area contributed by atoms with Crippen molar-refractivity contribution in [2.45, 2.75) is 37.9 Å². The van der Waals surface area contributed by atoms with Crippen molar-refractivity contribution in [3.63, 3.8) is 0 Å². The Kier molecular flexibility index (Phi) is 7.00. The van der Waals surface area contributed by atoms with E-state index in [-0.39, 0.29) is 40.4 Å². The number of allylic oxidation sites excluding steroid dienone is 2. The van der Waals surface area contributed by atoms with Crippen molar-refractivity contribution >= 4 is 29.1 Å². The normalized spacial score (nSPS) is 23.1. The summed E-state index contributed by atoms with van der Waals surface area (Å²) >= 11 is 0. The molecule has 10 heteroatoms. The maximum Gasteiger partial charge on any atom is 0.410 e. The summed E-state index contributed by atoms with van der Waals surface area (Å²) in [5, 5.41) is 24.5. The second kappa shape index (κ2) is 10.4. The Labute approximate surface area is 221 Å². The Bertz CT molecular complexity index is 1250. The number of hydrogen-bond acceptors (Lipinski definition) is 8. The van der Waals surface area contributed by atoms with Crippen molar-refractivity contribution in [2.75, 3.05) is 35.6 Å². The van der Waals surface area contributed by atoms with Crippen molar-refractivity contribution in [1.82, 2.24) is 10.2 Å². The number of carbonyl (C=O) groups excluding carboxylic acids is 2. The molecule has 0 aromatic heterocycles. The number of nitrogens with two attached hydrogens (primary N) is 1. The summed E-state index contributed by atoms with van der Waals surface area (Å²) in [6.07, 6.45) is 9.14. The van der Waals surface area contributed by atoms with E-state index in [0.717, 1.165) is 5.56 Å². The van der Waals surface area contributed by atoms with E-state index in [1.807, 2.05) is 34.1 Å². The van der Waals surface area contributed by atoms with Gasteiger partial charge in [-0.25, -0.2) is 4.79 Å². The lowest BCUT2D eigenvalue weighted by Gasteiger charge is -2.52. The number of rotatable bonds is 6. The molecule has 2 aliphatic heterocycles. The molecule has 10 nitrogen and oxygen atoms in total. The number of benzene rings is 2. The molecule has 2 unspecified atom stereocenters. The average molecular weight is 519 g/mol. The number of anilines is 3. The number of nitrogens with one attached hydrogen (secondary N) is 1. The predicted octanol–water partition coefficient (Wildman–Crippen LogP) is 3.81. The second-order valence-corrected chi connectivity index (χ2v) is 10.1. The number of hydrogen-bond donors (Lipinski definition) is 3. The number of nitrogens with zero attached hydrogens (tertiary/aromatic N) is 3. The molecular weight excluding hydrogens is 486 g/mol. The highest BCUT2D eigenvalue weighted by atomic mass is 16.8. The summed E-state index contributed by atoms with van der Waals surface area (Å²) in [7, 11) is 0. The van der Waals surface area contributed by atoms with Crippen molar-refractivity contribution in [1.29, 1.82) is 0 Å². The minimum atomic E-state index is -0.444. The molecule has 2 aromatic carbocycles. The third-order valence-electron chi connectivity index (χ3n) is 7.79. The molecule has 2 heterocycles. The smallest absolute Gasteiger partial charge is 0.410 e. The molecule has 5 rings (SSSR count). The zero-order valence-corrected chi connectivity index (χ0v) is 21.2. The Balaban J connectivity index is 1.27. The second-order valence-electron chi connectivity index (χ2n) is 10.1. The van der Waals surface area contributed by atoms with Crippen LogP contribution < -0.4 is 21.2 Å². The van der Waals surface area contributed by atoms with Crippen molar-refractivity contribution in [3.05, 3.63) is 83.1 Å². The minimum absolute atomic E-state index is 0.00616. The molecule has 200 valence electrons. The van der Waals surface area contributed by atoms with Gasteiger partial charge < -0.3 is 31.1 Å². The highest BCUT2D eigenvalue weighted by Crippen LogP contribution is 2.40. The first-order valence-corrected chi connectivity index (χ1v) is 12.8. The van der Waals surface area contributed by atoms with Crippen LogP contribution in [0.1, 0.15) is 35.7 Å². The molecule has 2 saturated heterocycles. The van der Waals surface area contributed by atoms with Crippen molar-refractivity contribution < 1.29 is 19.5 Å². The summed E-state index contributed by atoms with van der Waals surface area (Å²) in [4.78, 5) is 29.4. The third-order valence-corrected chi connectivity index (χ3v) is 7.79. The molecule has 1 aliphatic carbocycles. The van der Waals surface area contributed by atoms with Crippen LogP contribution in [0.2, 0.25) is 0 Å². The van der Waals surface area contributed by atoms with Crippen molar-refractivity contribution in [2.24, 2.45) is 5.92 Å². The van der Waals surface area contributed by atoms with Gasteiger partial charge in [-0.15, -0.1) is 0 Å². The molecule has 0 bridgehead atoms. The molecule has 0 spiro atoms. The molecule has 3 aliphatic rings. The summed E-state index contributed by atoms with van der Waals surface area (Å²) < 4.78 is 5.49. The van der Waals surface area contributed by atoms with Gasteiger partial charge in [-0.2, -0.15) is 0 Å². The lowest BCUT2D eigenvalue weighted by Crippen LogP contribution is -2.63. The van der Waals surface area contributed by atoms with E-state index < -0.39 is 5.54 Å². The van der Waals surface area contributed by atoms with Gasteiger partial charge in [0.2, 0.25) is 0 Å². The molecule has 2 atom stereocenters. The standard InChI is InChI=1S/C28H32N5O5/c1-28-13-3-2-4-21(28)18-38-27(35)32(28)23-11-14-31(15-12-23)24-10-7-20(16-25(24)33(36)37)26(34)30-17-19-5-8-22(29)9-6-19/h2-10,13,16,21,23,36H,11-12,14-15,17-18,29H2,1H3,(H,30,34)/q-1. The molecule has 2 fully saturated rings. The Morgan fingerprint density at radius 1 is 1.21 bits per heavy atom. The fraction of sp³-hybridized carbons (Fsp3) is 0.357. The van der Waals surface area contributed by atoms with Gasteiger partial charge in [0.05, 0.1) is 16.9 Å². The SMILES string of the molecule is CC12C=CC=CC1COC(=O)N2C1CCN(c2ccc(C(=O)NCc3ccc(N)cc3)cc2N([O-])O)CC1. The van der Waals surface area contributed by atoms with Crippen LogP contribution in [0.15, 0.2) is 66.8 Å². The van der Waals surface area contributed by atoms with Crippen LogP contribution in [0.5, 0.6) is 0 Å². The van der Waals surface area contributed by atoms with Crippen LogP contribution in [0.4, 0.5) is 21.9 Å². The lowest BCUT2D eigenvalue weighted by molar-refractivity contribution is -0.0283. The van der Waals surface area contributed by atoms with E-state index in [4.69, 9.17) is 10.5 Å². The van der Waals surface area contributed by atoms with E-state index in [1.54, 1.807) is 24.3 Å². The molecule has 2 amide bonds. The predicted molar refractivity (Wildman–Crippen MR) is 145 cm³/mol. The topological polar surface area (TPSA) is 134 Å². The van der Waals surface area contributed by atoms with Crippen molar-refractivity contribution in [3.8, 4) is 0 Å². The van der Waals surface area contributed by atoms with Gasteiger partial charge in [0.1, 0.15) is 6.61 Å². The van der Waals surface area contributed by atoms with Gasteiger partial charge in [0.25, 0.3) is 5.91 Å². The number of amides is 2. The molecule has 2 aromatic rings. The summed E-state index contributed by atoms with van der Waals surface area (Å²) in [6, 6.07) is 11.8. The minimum Gasteiger partial charge on any atom is -0.733 e. The maximum atomic E-state index is 12.8. The summed E-state index contributed by atoms with van der Waals surface area (Å²) in [5.41, 5.74) is 7.57. The largest absolute Gasteiger partial charge is 0.733 e. The molecule has 38 heavy (non-hydrogen) atoms. The fourth-order valence-corrected chi connectivity index (χ4v) is 5.59. The number of carbonyl (C=O) groups is 2.